The van der Waals surface area contributed by atoms with Crippen LogP contribution in [0.25, 0.3) is 0 Å². The molecule has 0 aromatic heterocycles. The molecule has 0 aromatic carbocycles. The summed E-state index contributed by atoms with van der Waals surface area (Å²) >= 11 is 0. The molecular formula is C64H106O32. The lowest BCUT2D eigenvalue weighted by Gasteiger charge is -2.70. The molecule has 4 aliphatic carbocycles. The first-order valence-electron chi connectivity index (χ1n) is 33.7. The van der Waals surface area contributed by atoms with Crippen molar-refractivity contribution in [3.8, 4) is 0 Å². The Morgan fingerprint density at radius 2 is 1.11 bits per heavy atom. The van der Waals surface area contributed by atoms with E-state index in [1.807, 2.05) is 0 Å². The summed E-state index contributed by atoms with van der Waals surface area (Å²) in [5, 5.41) is 209. The molecular weight excluding hydrogens is 1280 g/mol. The Kier molecular flexibility index (Phi) is 23.8. The van der Waals surface area contributed by atoms with Crippen LogP contribution in [0.2, 0.25) is 0 Å². The first-order chi connectivity index (χ1) is 45.0. The van der Waals surface area contributed by atoms with Gasteiger partial charge in [-0.1, -0.05) is 39.3 Å². The maximum atomic E-state index is 14.9. The molecule has 554 valence electrons. The van der Waals surface area contributed by atoms with Gasteiger partial charge in [0.15, 0.2) is 37.7 Å². The monoisotopic (exact) mass is 1390 g/mol. The summed E-state index contributed by atoms with van der Waals surface area (Å²) in [4.78, 5) is 14.9. The number of rotatable bonds is 20. The second kappa shape index (κ2) is 29.7. The van der Waals surface area contributed by atoms with Crippen LogP contribution < -0.4 is 0 Å². The zero-order valence-corrected chi connectivity index (χ0v) is 55.4. The highest BCUT2D eigenvalue weighted by Gasteiger charge is 2.73. The molecule has 32 heteroatoms. The van der Waals surface area contributed by atoms with Gasteiger partial charge in [0.1, 0.15) is 134 Å². The molecule has 4 saturated carbocycles. The molecule has 10 rings (SSSR count). The van der Waals surface area contributed by atoms with E-state index in [9.17, 15) is 102 Å². The number of carbonyl (C=O) groups excluding carboxylic acids is 1. The van der Waals surface area contributed by atoms with Crippen LogP contribution in [0.15, 0.2) is 11.6 Å². The lowest BCUT2D eigenvalue weighted by atomic mass is 9.35. The second-order valence-corrected chi connectivity index (χ2v) is 30.4. The predicted molar refractivity (Wildman–Crippen MR) is 320 cm³/mol. The Morgan fingerprint density at radius 3 is 1.75 bits per heavy atom. The van der Waals surface area contributed by atoms with Crippen LogP contribution in [-0.4, -0.2) is 332 Å². The number of aliphatic hydroxyl groups excluding tert-OH is 18. The van der Waals surface area contributed by atoms with E-state index < -0.39 is 256 Å². The average Bonchev–Trinajstić information content (AvgIpc) is 1.28. The van der Waals surface area contributed by atoms with Gasteiger partial charge in [0.25, 0.3) is 0 Å². The third kappa shape index (κ3) is 14.0. The van der Waals surface area contributed by atoms with E-state index >= 15 is 0 Å². The van der Waals surface area contributed by atoms with Crippen LogP contribution in [-0.2, 0) is 61.6 Å². The van der Waals surface area contributed by atoms with Crippen LogP contribution in [0, 0.1) is 45.3 Å². The minimum Gasteiger partial charge on any atom is -0.396 e. The van der Waals surface area contributed by atoms with Crippen molar-refractivity contribution in [1.29, 1.82) is 0 Å². The summed E-state index contributed by atoms with van der Waals surface area (Å²) in [5.74, 6) is -1.86. The van der Waals surface area contributed by atoms with Gasteiger partial charge in [0, 0.05) is 30.8 Å². The first-order valence-corrected chi connectivity index (χ1v) is 33.7. The molecule has 10 fully saturated rings. The minimum absolute atomic E-state index is 0.0130. The van der Waals surface area contributed by atoms with Crippen LogP contribution in [0.1, 0.15) is 107 Å². The standard InChI is InChI=1S/C64H106O32/c1-24(2)15-26(89-57-50(83)45(78)41(74)32(19-66)91-57)16-63(8,84)37-27-9-10-35-61(6)13-12-36(60(4,5)34(61)11-14-62(35,7)64(27,23-67)17-28(37)68)93-58-53(96-56-49(82)43(76)38(71)25(3)88-56)51(30(70)21-86-58)94-59-52(95-55-47(80)39(72)29(69)20-85-55)46(79)42(75)33(92-59)22-87-54-48(81)44(77)40(73)31(18-65)90-54/h15,25-27,29-59,65-67,69-84H,9-14,16-23H2,1-8H3/t25-,26-,27+,29?,30-,31+,32+,33+,34-,35+,36-,37+,38-,39?,40+,41+,42+,43+,44-,45-,46-,47?,48+,49+,50+,51-,52+,53+,54+,55?,56-,57+,58-,59-,61-,62+,63-,64-/m0/s1. The van der Waals surface area contributed by atoms with Gasteiger partial charge in [-0.3, -0.25) is 4.79 Å². The van der Waals surface area contributed by atoms with Crippen LogP contribution in [0.5, 0.6) is 0 Å². The van der Waals surface area contributed by atoms with Gasteiger partial charge in [0.05, 0.1) is 56.9 Å². The second-order valence-electron chi connectivity index (χ2n) is 30.4. The molecule has 0 spiro atoms. The molecule has 0 amide bonds. The van der Waals surface area contributed by atoms with Gasteiger partial charge in [-0.15, -0.1) is 0 Å². The predicted octanol–water partition coefficient (Wildman–Crippen LogP) is -6.10. The van der Waals surface area contributed by atoms with Crippen molar-refractivity contribution in [2.24, 2.45) is 45.3 Å². The quantitative estimate of drug-likeness (QED) is 0.0398. The summed E-state index contributed by atoms with van der Waals surface area (Å²) in [6.07, 6.45) is -45.6. The summed E-state index contributed by atoms with van der Waals surface area (Å²) in [6, 6.07) is 0. The van der Waals surface area contributed by atoms with Gasteiger partial charge in [-0.25, -0.2) is 0 Å². The van der Waals surface area contributed by atoms with E-state index in [0.29, 0.717) is 38.5 Å². The fraction of sp³-hybridized carbons (Fsp3) is 0.953. The highest BCUT2D eigenvalue weighted by atomic mass is 16.8. The van der Waals surface area contributed by atoms with Crippen molar-refractivity contribution in [3.63, 3.8) is 0 Å². The molecule has 0 aromatic rings. The lowest BCUT2D eigenvalue weighted by molar-refractivity contribution is -0.401. The zero-order chi connectivity index (χ0) is 70.4. The van der Waals surface area contributed by atoms with E-state index in [1.165, 1.54) is 6.92 Å². The number of ketones is 1. The number of ether oxygens (including phenoxy) is 12. The molecule has 0 bridgehead atoms. The number of hydrogen-bond acceptors (Lipinski definition) is 32. The minimum atomic E-state index is -2.10. The molecule has 38 atom stereocenters. The van der Waals surface area contributed by atoms with E-state index in [0.717, 1.165) is 5.57 Å². The van der Waals surface area contributed by atoms with Crippen molar-refractivity contribution in [1.82, 2.24) is 0 Å². The highest BCUT2D eigenvalue weighted by molar-refractivity contribution is 5.86. The Bertz CT molecular complexity index is 2620. The first kappa shape index (κ1) is 76.8. The van der Waals surface area contributed by atoms with Crippen LogP contribution in [0.4, 0.5) is 0 Å². The van der Waals surface area contributed by atoms with E-state index in [1.54, 1.807) is 26.8 Å². The third-order valence-electron chi connectivity index (χ3n) is 23.8. The lowest BCUT2D eigenvalue weighted by Crippen LogP contribution is -2.67. The summed E-state index contributed by atoms with van der Waals surface area (Å²) < 4.78 is 73.3. The third-order valence-corrected chi connectivity index (χ3v) is 23.8. The van der Waals surface area contributed by atoms with Gasteiger partial charge >= 0.3 is 0 Å². The maximum Gasteiger partial charge on any atom is 0.187 e. The maximum absolute atomic E-state index is 14.9. The molecule has 6 heterocycles. The topological polar surface area (TPSA) is 512 Å². The summed E-state index contributed by atoms with van der Waals surface area (Å²) in [5.41, 5.74) is -3.84. The number of Topliss-reactive ketones (excluding diaryl/α,β-unsaturated/α-hetero) is 1. The molecule has 10 aliphatic rings. The van der Waals surface area contributed by atoms with Crippen LogP contribution in [0.3, 0.4) is 0 Å². The zero-order valence-electron chi connectivity index (χ0n) is 55.4. The van der Waals surface area contributed by atoms with E-state index in [2.05, 4.69) is 27.7 Å². The number of aliphatic hydroxyl groups is 19. The SMILES string of the molecule is CC(C)=C[C@@H](C[C@](C)(O)[C@H]1C(=O)C[C@]2(CO)[C@@H]1CC[C@@H]1[C@@]3(C)CC[C@H](O[C@@H]4OC[C@H](O)[C@H](O[C@@H]5O[C@H](CO[C@@H]6O[C@H](CO)[C@@H](O)[C@H](O)[C@H]6O)[C@@H](O)[C@H](O)[C@H]5OC5OCC(O)C(O)C5O)[C@H]4O[C@@H]4O[C@@H](C)[C@H](O)[C@@H](O)[C@H]4O)C(C)(C)[C@@H]3CC[C@]12C)O[C@@H]1O[C@H](CO)[C@@H](O)[C@H](O)[C@H]1O. The molecule has 4 unspecified atom stereocenters. The van der Waals surface area contributed by atoms with Gasteiger partial charge in [-0.2, -0.15) is 0 Å². The van der Waals surface area contributed by atoms with Crippen molar-refractivity contribution < 1.29 is 159 Å². The summed E-state index contributed by atoms with van der Waals surface area (Å²) in [7, 11) is 0. The van der Waals surface area contributed by atoms with Gasteiger partial charge in [0.2, 0.25) is 0 Å². The molecule has 6 aliphatic heterocycles. The molecule has 32 nitrogen and oxygen atoms in total. The molecule has 19 N–H and O–H groups in total. The Labute approximate surface area is 556 Å². The van der Waals surface area contributed by atoms with E-state index in [4.69, 9.17) is 56.8 Å². The van der Waals surface area contributed by atoms with E-state index in [-0.39, 0.29) is 37.1 Å². The Hall–Kier alpha value is -1.83. The molecule has 96 heavy (non-hydrogen) atoms. The average molecular weight is 1390 g/mol. The number of hydrogen-bond donors (Lipinski definition) is 19. The van der Waals surface area contributed by atoms with Crippen molar-refractivity contribution in [2.75, 3.05) is 39.6 Å². The Morgan fingerprint density at radius 1 is 0.562 bits per heavy atom. The van der Waals surface area contributed by atoms with Gasteiger partial charge in [-0.05, 0) is 100 Å². The van der Waals surface area contributed by atoms with Crippen LogP contribution >= 0.6 is 0 Å². The number of allylic oxidation sites excluding steroid dienone is 1. The van der Waals surface area contributed by atoms with Crippen molar-refractivity contribution in [2.45, 2.75) is 297 Å². The molecule has 0 radical (unpaired) electrons. The van der Waals surface area contributed by atoms with Crippen molar-refractivity contribution in [3.05, 3.63) is 11.6 Å². The fourth-order valence-corrected chi connectivity index (χ4v) is 18.6. The molecule has 6 saturated heterocycles. The van der Waals surface area contributed by atoms with Gasteiger partial charge < -0.3 is 154 Å². The highest BCUT2D eigenvalue weighted by Crippen LogP contribution is 2.75. The Balaban J connectivity index is 0.906. The smallest absolute Gasteiger partial charge is 0.187 e. The normalized spacial score (nSPS) is 52.3. The number of fused-ring (bicyclic) bond motifs is 5. The van der Waals surface area contributed by atoms with Crippen molar-refractivity contribution >= 4 is 5.78 Å². The number of carbonyl (C=O) groups is 1. The summed E-state index contributed by atoms with van der Waals surface area (Å²) in [6.45, 7) is 11.3. The largest absolute Gasteiger partial charge is 0.396 e. The fourth-order valence-electron chi connectivity index (χ4n) is 18.6.